The molecule has 6 heteroatoms. The molecule has 1 aliphatic heterocycles. The van der Waals surface area contributed by atoms with Gasteiger partial charge in [-0.2, -0.15) is 0 Å². The van der Waals surface area contributed by atoms with Crippen molar-refractivity contribution in [3.63, 3.8) is 0 Å². The van der Waals surface area contributed by atoms with Gasteiger partial charge in [-0.25, -0.2) is 0 Å². The topological polar surface area (TPSA) is 69.6 Å². The minimum Gasteiger partial charge on any atom is -0.384 e. The van der Waals surface area contributed by atoms with E-state index < -0.39 is 17.1 Å². The van der Waals surface area contributed by atoms with Crippen LogP contribution in [0, 0.1) is 11.3 Å². The van der Waals surface area contributed by atoms with Crippen molar-refractivity contribution in [2.45, 2.75) is 71.9 Å². The molecule has 190 valence electrons. The van der Waals surface area contributed by atoms with E-state index in [1.807, 2.05) is 52.0 Å². The van der Waals surface area contributed by atoms with Crippen molar-refractivity contribution < 1.29 is 14.7 Å². The molecule has 2 amide bonds. The number of nitrogens with one attached hydrogen (secondary N) is 1. The summed E-state index contributed by atoms with van der Waals surface area (Å²) < 4.78 is 0. The van der Waals surface area contributed by atoms with E-state index in [9.17, 15) is 14.7 Å². The number of nitrogens with zero attached hydrogens (tertiary/aromatic N) is 1. The Bertz CT molecular complexity index is 1030. The highest BCUT2D eigenvalue weighted by Gasteiger charge is 2.50. The Morgan fingerprint density at radius 3 is 2.14 bits per heavy atom. The van der Waals surface area contributed by atoms with Gasteiger partial charge in [-0.05, 0) is 47.1 Å². The van der Waals surface area contributed by atoms with Crippen LogP contribution in [0.1, 0.15) is 70.6 Å². The lowest BCUT2D eigenvalue weighted by atomic mass is 9.66. The number of likely N-dealkylation sites (tertiary alicyclic amines) is 1. The Morgan fingerprint density at radius 2 is 1.63 bits per heavy atom. The van der Waals surface area contributed by atoms with Crippen LogP contribution < -0.4 is 5.32 Å². The second-order valence-corrected chi connectivity index (χ2v) is 11.6. The van der Waals surface area contributed by atoms with Crippen LogP contribution in [0.25, 0.3) is 0 Å². The molecule has 0 aromatic heterocycles. The highest BCUT2D eigenvalue weighted by Crippen LogP contribution is 2.46. The third-order valence-corrected chi connectivity index (χ3v) is 7.59. The number of rotatable bonds is 7. The summed E-state index contributed by atoms with van der Waals surface area (Å²) in [5.41, 5.74) is 1.30. The summed E-state index contributed by atoms with van der Waals surface area (Å²) in [5.74, 6) is 0.111. The Hall–Kier alpha value is -2.37. The lowest BCUT2D eigenvalue weighted by Crippen LogP contribution is -2.60. The van der Waals surface area contributed by atoms with Crippen molar-refractivity contribution in [3.05, 3.63) is 70.2 Å². The monoisotopic (exact) mass is 498 g/mol. The molecular weight excluding hydrogens is 460 g/mol. The summed E-state index contributed by atoms with van der Waals surface area (Å²) in [6, 6.07) is 14.7. The number of carbonyl (C=O) groups is 2. The van der Waals surface area contributed by atoms with Crippen LogP contribution in [0.5, 0.6) is 0 Å². The van der Waals surface area contributed by atoms with Gasteiger partial charge in [0.25, 0.3) is 0 Å². The van der Waals surface area contributed by atoms with E-state index in [0.29, 0.717) is 30.5 Å². The van der Waals surface area contributed by atoms with E-state index in [4.69, 9.17) is 11.6 Å². The van der Waals surface area contributed by atoms with Gasteiger partial charge in [0, 0.05) is 23.5 Å². The fourth-order valence-electron chi connectivity index (χ4n) is 4.91. The maximum atomic E-state index is 13.5. The Labute approximate surface area is 214 Å². The molecule has 2 aromatic carbocycles. The highest BCUT2D eigenvalue weighted by molar-refractivity contribution is 6.30. The van der Waals surface area contributed by atoms with Crippen LogP contribution >= 0.6 is 11.6 Å². The van der Waals surface area contributed by atoms with E-state index in [1.54, 1.807) is 17.0 Å². The zero-order valence-electron chi connectivity index (χ0n) is 21.8. The molecule has 0 saturated carbocycles. The van der Waals surface area contributed by atoms with Crippen molar-refractivity contribution >= 4 is 23.4 Å². The summed E-state index contributed by atoms with van der Waals surface area (Å²) >= 11 is 6.04. The van der Waals surface area contributed by atoms with Crippen LogP contribution in [0.15, 0.2) is 48.5 Å². The average molecular weight is 499 g/mol. The normalized spacial score (nSPS) is 20.7. The minimum atomic E-state index is -1.08. The third-order valence-electron chi connectivity index (χ3n) is 7.34. The van der Waals surface area contributed by atoms with Crippen molar-refractivity contribution in [1.82, 2.24) is 10.2 Å². The number of aliphatic hydroxyl groups is 1. The molecule has 3 rings (SSSR count). The molecule has 0 spiro atoms. The SMILES string of the molecule is CC(C)c1ccc(CC(=O)N[C@@H](C(=O)N2CC[C@](O)(c3ccc(Cl)cc3)C(C)(C)C2)C(C)C)cc1. The first kappa shape index (κ1) is 27.2. The molecule has 1 fully saturated rings. The summed E-state index contributed by atoms with van der Waals surface area (Å²) in [4.78, 5) is 28.2. The van der Waals surface area contributed by atoms with Crippen LogP contribution in [0.2, 0.25) is 5.02 Å². The van der Waals surface area contributed by atoms with Gasteiger partial charge in [-0.15, -0.1) is 0 Å². The summed E-state index contributed by atoms with van der Waals surface area (Å²) in [6.07, 6.45) is 0.644. The molecule has 35 heavy (non-hydrogen) atoms. The van der Waals surface area contributed by atoms with Crippen molar-refractivity contribution in [2.75, 3.05) is 13.1 Å². The molecule has 2 atom stereocenters. The molecular formula is C29H39ClN2O3. The second-order valence-electron chi connectivity index (χ2n) is 11.1. The van der Waals surface area contributed by atoms with Gasteiger partial charge >= 0.3 is 0 Å². The standard InChI is InChI=1S/C29H39ClN2O3/c1-19(2)22-9-7-21(8-10-22)17-25(33)31-26(20(3)4)27(34)32-16-15-29(35,28(5,6)18-32)23-11-13-24(30)14-12-23/h7-14,19-20,26,35H,15-18H2,1-6H3,(H,31,33)/t26-,29+/m1/s1. The lowest BCUT2D eigenvalue weighted by molar-refractivity contribution is -0.156. The number of carbonyl (C=O) groups excluding carboxylic acids is 2. The first-order chi connectivity index (χ1) is 16.3. The molecule has 0 unspecified atom stereocenters. The van der Waals surface area contributed by atoms with E-state index in [2.05, 4.69) is 31.3 Å². The number of amides is 2. The van der Waals surface area contributed by atoms with E-state index in [0.717, 1.165) is 11.1 Å². The molecule has 5 nitrogen and oxygen atoms in total. The second kappa shape index (κ2) is 10.7. The van der Waals surface area contributed by atoms with Crippen LogP contribution in [0.3, 0.4) is 0 Å². The zero-order valence-corrected chi connectivity index (χ0v) is 22.5. The third kappa shape index (κ3) is 6.07. The van der Waals surface area contributed by atoms with Gasteiger partial charge < -0.3 is 15.3 Å². The minimum absolute atomic E-state index is 0.0602. The van der Waals surface area contributed by atoms with Crippen LogP contribution in [-0.4, -0.2) is 41.0 Å². The van der Waals surface area contributed by atoms with Gasteiger partial charge in [-0.1, -0.05) is 89.5 Å². The predicted octanol–water partition coefficient (Wildman–Crippen LogP) is 5.29. The Kier molecular flexibility index (Phi) is 8.33. The van der Waals surface area contributed by atoms with Crippen LogP contribution in [-0.2, 0) is 21.6 Å². The quantitative estimate of drug-likeness (QED) is 0.544. The van der Waals surface area contributed by atoms with Crippen molar-refractivity contribution in [3.8, 4) is 0 Å². The number of piperidine rings is 1. The molecule has 1 heterocycles. The lowest BCUT2D eigenvalue weighted by Gasteiger charge is -2.51. The number of benzene rings is 2. The summed E-state index contributed by atoms with van der Waals surface area (Å²) in [6.45, 7) is 12.9. The fourth-order valence-corrected chi connectivity index (χ4v) is 5.04. The first-order valence-corrected chi connectivity index (χ1v) is 12.9. The summed E-state index contributed by atoms with van der Waals surface area (Å²) in [5, 5.41) is 15.2. The molecule has 0 bridgehead atoms. The molecule has 2 N–H and O–H groups in total. The average Bonchev–Trinajstić information content (AvgIpc) is 2.79. The van der Waals surface area contributed by atoms with Gasteiger partial charge in [-0.3, -0.25) is 9.59 Å². The van der Waals surface area contributed by atoms with E-state index in [-0.39, 0.29) is 24.2 Å². The first-order valence-electron chi connectivity index (χ1n) is 12.5. The Morgan fingerprint density at radius 1 is 1.03 bits per heavy atom. The van der Waals surface area contributed by atoms with Gasteiger partial charge in [0.1, 0.15) is 6.04 Å². The number of halogens is 1. The van der Waals surface area contributed by atoms with Gasteiger partial charge in [0.15, 0.2) is 0 Å². The highest BCUT2D eigenvalue weighted by atomic mass is 35.5. The molecule has 0 aliphatic carbocycles. The number of hydrogen-bond donors (Lipinski definition) is 2. The fraction of sp³-hybridized carbons (Fsp3) is 0.517. The zero-order chi connectivity index (χ0) is 26.0. The summed E-state index contributed by atoms with van der Waals surface area (Å²) in [7, 11) is 0. The smallest absolute Gasteiger partial charge is 0.245 e. The number of hydrogen-bond acceptors (Lipinski definition) is 3. The van der Waals surface area contributed by atoms with Crippen molar-refractivity contribution in [1.29, 1.82) is 0 Å². The van der Waals surface area contributed by atoms with Gasteiger partial charge in [0.05, 0.1) is 12.0 Å². The Balaban J connectivity index is 1.69. The maximum Gasteiger partial charge on any atom is 0.245 e. The molecule has 0 radical (unpaired) electrons. The maximum absolute atomic E-state index is 13.5. The van der Waals surface area contributed by atoms with Crippen molar-refractivity contribution in [2.24, 2.45) is 11.3 Å². The largest absolute Gasteiger partial charge is 0.384 e. The molecule has 1 aliphatic rings. The molecule has 1 saturated heterocycles. The van der Waals surface area contributed by atoms with E-state index in [1.165, 1.54) is 5.56 Å². The van der Waals surface area contributed by atoms with Crippen LogP contribution in [0.4, 0.5) is 0 Å². The van der Waals surface area contributed by atoms with E-state index >= 15 is 0 Å². The van der Waals surface area contributed by atoms with Gasteiger partial charge in [0.2, 0.25) is 11.8 Å². The predicted molar refractivity (Wildman–Crippen MR) is 141 cm³/mol. The molecule has 2 aromatic rings.